The Balaban J connectivity index is 1.90. The highest BCUT2D eigenvalue weighted by molar-refractivity contribution is 14.1. The molecule has 0 aromatic heterocycles. The van der Waals surface area contributed by atoms with E-state index in [1.54, 1.807) is 12.1 Å². The van der Waals surface area contributed by atoms with Gasteiger partial charge in [-0.1, -0.05) is 0 Å². The summed E-state index contributed by atoms with van der Waals surface area (Å²) < 4.78 is 1.10. The van der Waals surface area contributed by atoms with Gasteiger partial charge in [-0.2, -0.15) is 0 Å². The summed E-state index contributed by atoms with van der Waals surface area (Å²) in [6.45, 7) is 0.359. The van der Waals surface area contributed by atoms with E-state index in [0.717, 1.165) is 22.8 Å². The number of halogens is 1. The summed E-state index contributed by atoms with van der Waals surface area (Å²) >= 11 is 2.20. The molecule has 86 valence electrons. The van der Waals surface area contributed by atoms with Crippen LogP contribution in [0.1, 0.15) is 29.6 Å². The second kappa shape index (κ2) is 4.71. The minimum Gasteiger partial charge on any atom is -0.388 e. The smallest absolute Gasteiger partial charge is 0.251 e. The van der Waals surface area contributed by atoms with Crippen molar-refractivity contribution in [3.63, 3.8) is 0 Å². The third kappa shape index (κ3) is 2.74. The van der Waals surface area contributed by atoms with Crippen LogP contribution in [0, 0.1) is 3.57 Å². The molecule has 0 atom stereocenters. The van der Waals surface area contributed by atoms with Crippen molar-refractivity contribution in [1.82, 2.24) is 5.32 Å². The van der Waals surface area contributed by atoms with Crippen molar-refractivity contribution in [3.05, 3.63) is 33.4 Å². The lowest BCUT2D eigenvalue weighted by molar-refractivity contribution is -0.0300. The summed E-state index contributed by atoms with van der Waals surface area (Å²) in [7, 11) is 0. The molecule has 0 heterocycles. The van der Waals surface area contributed by atoms with Gasteiger partial charge in [0.1, 0.15) is 0 Å². The normalized spacial score (nSPS) is 17.6. The van der Waals surface area contributed by atoms with Crippen molar-refractivity contribution in [3.8, 4) is 0 Å². The molecular formula is C12H14INO2. The summed E-state index contributed by atoms with van der Waals surface area (Å²) in [4.78, 5) is 11.7. The van der Waals surface area contributed by atoms with E-state index in [2.05, 4.69) is 27.9 Å². The Hall–Kier alpha value is -0.620. The predicted molar refractivity (Wildman–Crippen MR) is 70.3 cm³/mol. The molecular weight excluding hydrogens is 317 g/mol. The molecule has 1 aliphatic carbocycles. The topological polar surface area (TPSA) is 49.3 Å². The van der Waals surface area contributed by atoms with Crippen LogP contribution in [0.4, 0.5) is 0 Å². The van der Waals surface area contributed by atoms with Gasteiger partial charge in [-0.05, 0) is 66.1 Å². The molecule has 1 saturated carbocycles. The summed E-state index contributed by atoms with van der Waals surface area (Å²) in [5.41, 5.74) is -0.0119. The quantitative estimate of drug-likeness (QED) is 0.832. The highest BCUT2D eigenvalue weighted by atomic mass is 127. The van der Waals surface area contributed by atoms with Crippen LogP contribution in [-0.4, -0.2) is 23.2 Å². The summed E-state index contributed by atoms with van der Waals surface area (Å²) in [5.74, 6) is -0.114. The number of carbonyl (C=O) groups is 1. The minimum atomic E-state index is -0.654. The molecule has 1 aliphatic rings. The number of rotatable bonds is 3. The van der Waals surface area contributed by atoms with Crippen LogP contribution in [0.2, 0.25) is 0 Å². The van der Waals surface area contributed by atoms with Crippen molar-refractivity contribution >= 4 is 28.5 Å². The molecule has 0 radical (unpaired) electrons. The van der Waals surface area contributed by atoms with Crippen LogP contribution >= 0.6 is 22.6 Å². The van der Waals surface area contributed by atoms with Gasteiger partial charge in [0.25, 0.3) is 5.91 Å². The summed E-state index contributed by atoms with van der Waals surface area (Å²) in [6, 6.07) is 7.38. The Bertz CT molecular complexity index is 385. The van der Waals surface area contributed by atoms with Crippen LogP contribution in [0.3, 0.4) is 0 Å². The number of aliphatic hydroxyl groups is 1. The van der Waals surface area contributed by atoms with Gasteiger partial charge in [-0.25, -0.2) is 0 Å². The van der Waals surface area contributed by atoms with Crippen molar-refractivity contribution in [2.45, 2.75) is 24.9 Å². The van der Waals surface area contributed by atoms with E-state index in [9.17, 15) is 9.90 Å². The molecule has 16 heavy (non-hydrogen) atoms. The second-order valence-electron chi connectivity index (χ2n) is 4.27. The molecule has 0 saturated heterocycles. The summed E-state index contributed by atoms with van der Waals surface area (Å²) in [6.07, 6.45) is 2.63. The van der Waals surface area contributed by atoms with Crippen LogP contribution < -0.4 is 5.32 Å². The largest absolute Gasteiger partial charge is 0.388 e. The molecule has 3 nitrogen and oxygen atoms in total. The van der Waals surface area contributed by atoms with Crippen LogP contribution in [0.25, 0.3) is 0 Å². The Morgan fingerprint density at radius 2 is 2.00 bits per heavy atom. The average molecular weight is 331 g/mol. The molecule has 1 aromatic rings. The fraction of sp³-hybridized carbons (Fsp3) is 0.417. The first-order valence-electron chi connectivity index (χ1n) is 5.35. The standard InChI is InChI=1S/C12H14INO2/c13-10-4-2-9(3-5-10)11(15)14-8-12(16)6-1-7-12/h2-5,16H,1,6-8H2,(H,14,15). The molecule has 2 rings (SSSR count). The lowest BCUT2D eigenvalue weighted by atomic mass is 9.80. The van der Waals surface area contributed by atoms with Crippen molar-refractivity contribution in [1.29, 1.82) is 0 Å². The van der Waals surface area contributed by atoms with E-state index in [0.29, 0.717) is 12.1 Å². The van der Waals surface area contributed by atoms with Crippen molar-refractivity contribution in [2.75, 3.05) is 6.54 Å². The fourth-order valence-corrected chi connectivity index (χ4v) is 2.07. The zero-order chi connectivity index (χ0) is 11.6. The number of nitrogens with one attached hydrogen (secondary N) is 1. The molecule has 1 aromatic carbocycles. The van der Waals surface area contributed by atoms with Crippen LogP contribution in [0.5, 0.6) is 0 Å². The molecule has 1 amide bonds. The lowest BCUT2D eigenvalue weighted by Crippen LogP contribution is -2.47. The fourth-order valence-electron chi connectivity index (χ4n) is 1.71. The maximum atomic E-state index is 11.7. The third-order valence-electron chi connectivity index (χ3n) is 2.97. The van der Waals surface area contributed by atoms with Gasteiger partial charge in [0.05, 0.1) is 5.60 Å². The van der Waals surface area contributed by atoms with Crippen LogP contribution in [-0.2, 0) is 0 Å². The maximum absolute atomic E-state index is 11.7. The number of carbonyl (C=O) groups excluding carboxylic acids is 1. The van der Waals surface area contributed by atoms with Gasteiger partial charge in [0.15, 0.2) is 0 Å². The Labute approximate surface area is 108 Å². The van der Waals surface area contributed by atoms with Gasteiger partial charge in [-0.15, -0.1) is 0 Å². The first-order chi connectivity index (χ1) is 7.59. The number of amides is 1. The van der Waals surface area contributed by atoms with E-state index in [-0.39, 0.29) is 5.91 Å². The van der Waals surface area contributed by atoms with Crippen molar-refractivity contribution in [2.24, 2.45) is 0 Å². The molecule has 1 fully saturated rings. The minimum absolute atomic E-state index is 0.114. The van der Waals surface area contributed by atoms with Crippen LogP contribution in [0.15, 0.2) is 24.3 Å². The zero-order valence-corrected chi connectivity index (χ0v) is 11.0. The van der Waals surface area contributed by atoms with E-state index >= 15 is 0 Å². The Morgan fingerprint density at radius 1 is 1.38 bits per heavy atom. The first kappa shape index (κ1) is 11.9. The molecule has 0 unspecified atom stereocenters. The lowest BCUT2D eigenvalue weighted by Gasteiger charge is -2.36. The molecule has 0 bridgehead atoms. The maximum Gasteiger partial charge on any atom is 0.251 e. The van der Waals surface area contributed by atoms with E-state index in [1.807, 2.05) is 12.1 Å². The van der Waals surface area contributed by atoms with Gasteiger partial charge in [-0.3, -0.25) is 4.79 Å². The monoisotopic (exact) mass is 331 g/mol. The number of benzene rings is 1. The SMILES string of the molecule is O=C(NCC1(O)CCC1)c1ccc(I)cc1. The van der Waals surface area contributed by atoms with Gasteiger partial charge < -0.3 is 10.4 Å². The van der Waals surface area contributed by atoms with Crippen molar-refractivity contribution < 1.29 is 9.90 Å². The first-order valence-corrected chi connectivity index (χ1v) is 6.43. The van der Waals surface area contributed by atoms with Gasteiger partial charge in [0, 0.05) is 15.7 Å². The highest BCUT2D eigenvalue weighted by Crippen LogP contribution is 2.30. The Morgan fingerprint density at radius 3 is 2.50 bits per heavy atom. The van der Waals surface area contributed by atoms with Gasteiger partial charge >= 0.3 is 0 Å². The molecule has 0 aliphatic heterocycles. The highest BCUT2D eigenvalue weighted by Gasteiger charge is 2.34. The van der Waals surface area contributed by atoms with E-state index < -0.39 is 5.60 Å². The average Bonchev–Trinajstić information content (AvgIpc) is 2.24. The van der Waals surface area contributed by atoms with E-state index in [4.69, 9.17) is 0 Å². The Kier molecular flexibility index (Phi) is 3.49. The zero-order valence-electron chi connectivity index (χ0n) is 8.87. The summed E-state index contributed by atoms with van der Waals surface area (Å²) in [5, 5.41) is 12.6. The number of hydrogen-bond donors (Lipinski definition) is 2. The predicted octanol–water partition coefficient (Wildman–Crippen LogP) is 1.94. The molecule has 4 heteroatoms. The van der Waals surface area contributed by atoms with E-state index in [1.165, 1.54) is 0 Å². The van der Waals surface area contributed by atoms with Gasteiger partial charge in [0.2, 0.25) is 0 Å². The molecule has 2 N–H and O–H groups in total. The third-order valence-corrected chi connectivity index (χ3v) is 3.69. The molecule has 0 spiro atoms. The second-order valence-corrected chi connectivity index (χ2v) is 5.51. The number of hydrogen-bond acceptors (Lipinski definition) is 2.